The van der Waals surface area contributed by atoms with Gasteiger partial charge in [-0.25, -0.2) is 4.68 Å². The van der Waals surface area contributed by atoms with Gasteiger partial charge in [0, 0.05) is 26.2 Å². The van der Waals surface area contributed by atoms with Gasteiger partial charge in [0.2, 0.25) is 0 Å². The molecule has 0 amide bonds. The second kappa shape index (κ2) is 7.66. The van der Waals surface area contributed by atoms with Crippen LogP contribution in [0.2, 0.25) is 15.1 Å². The molecule has 0 saturated heterocycles. The van der Waals surface area contributed by atoms with Crippen molar-refractivity contribution < 1.29 is 4.74 Å². The smallest absolute Gasteiger partial charge is 0.141 e. The average Bonchev–Trinajstić information content (AvgIpc) is 3.07. The highest BCUT2D eigenvalue weighted by Crippen LogP contribution is 2.25. The van der Waals surface area contributed by atoms with Crippen LogP contribution in [0.25, 0.3) is 0 Å². The zero-order valence-electron chi connectivity index (χ0n) is 12.2. The first kappa shape index (κ1) is 16.8. The van der Waals surface area contributed by atoms with E-state index < -0.39 is 0 Å². The molecule has 0 spiro atoms. The van der Waals surface area contributed by atoms with E-state index in [-0.39, 0.29) is 0 Å². The molecule has 0 bridgehead atoms. The van der Waals surface area contributed by atoms with Crippen LogP contribution in [0, 0.1) is 0 Å². The van der Waals surface area contributed by atoms with Gasteiger partial charge >= 0.3 is 0 Å². The van der Waals surface area contributed by atoms with E-state index in [9.17, 15) is 0 Å². The summed E-state index contributed by atoms with van der Waals surface area (Å²) < 4.78 is 7.32. The molecule has 0 fully saturated rings. The Balaban J connectivity index is 1.80. The van der Waals surface area contributed by atoms with E-state index in [2.05, 4.69) is 15.3 Å². The third kappa shape index (κ3) is 4.26. The summed E-state index contributed by atoms with van der Waals surface area (Å²) in [4.78, 5) is 0. The van der Waals surface area contributed by atoms with Crippen LogP contribution in [0.1, 0.15) is 11.1 Å². The van der Waals surface area contributed by atoms with Gasteiger partial charge in [-0.05, 0) is 30.3 Å². The van der Waals surface area contributed by atoms with Crippen LogP contribution in [-0.4, -0.2) is 21.1 Å². The summed E-state index contributed by atoms with van der Waals surface area (Å²) in [5.41, 5.74) is 1.55. The van der Waals surface area contributed by atoms with Gasteiger partial charge < -0.3 is 4.74 Å². The molecule has 3 aromatic rings. The quantitative estimate of drug-likeness (QED) is 0.602. The largest absolute Gasteiger partial charge is 0.488 e. The fourth-order valence-electron chi connectivity index (χ4n) is 1.93. The zero-order chi connectivity index (χ0) is 16.9. The molecule has 0 aliphatic rings. The van der Waals surface area contributed by atoms with Gasteiger partial charge in [0.05, 0.1) is 6.21 Å². The van der Waals surface area contributed by atoms with Crippen molar-refractivity contribution in [3.8, 4) is 5.75 Å². The molecule has 1 aromatic heterocycles. The number of hydrogen-bond donors (Lipinski definition) is 0. The average molecular weight is 382 g/mol. The maximum absolute atomic E-state index is 6.16. The van der Waals surface area contributed by atoms with Crippen molar-refractivity contribution >= 4 is 41.0 Å². The normalized spacial score (nSPS) is 11.1. The minimum atomic E-state index is 0.297. The Labute approximate surface area is 153 Å². The molecule has 0 aliphatic heterocycles. The molecule has 1 heterocycles. The van der Waals surface area contributed by atoms with Crippen molar-refractivity contribution in [3.05, 3.63) is 75.2 Å². The molecular weight excluding hydrogens is 371 g/mol. The molecular formula is C16H11Cl3N4O. The molecule has 0 atom stereocenters. The first-order valence-corrected chi connectivity index (χ1v) is 8.00. The monoisotopic (exact) mass is 380 g/mol. The van der Waals surface area contributed by atoms with Crippen molar-refractivity contribution in [1.82, 2.24) is 14.9 Å². The standard InChI is InChI=1S/C16H11Cl3N4O/c17-13-3-4-16(12(5-13)7-22-23-9-20-21-10-23)24-8-11-1-2-14(18)6-15(11)19/h1-7,9-10H,8H2/b22-7-. The fourth-order valence-corrected chi connectivity index (χ4v) is 2.57. The van der Waals surface area contributed by atoms with Crippen molar-refractivity contribution in [3.63, 3.8) is 0 Å². The Morgan fingerprint density at radius 3 is 2.46 bits per heavy atom. The Bertz CT molecular complexity index is 866. The van der Waals surface area contributed by atoms with E-state index in [0.717, 1.165) is 11.1 Å². The van der Waals surface area contributed by atoms with Crippen molar-refractivity contribution in [2.75, 3.05) is 0 Å². The summed E-state index contributed by atoms with van der Waals surface area (Å²) in [6, 6.07) is 10.6. The number of benzene rings is 2. The number of aromatic nitrogens is 3. The van der Waals surface area contributed by atoms with Gasteiger partial charge in [-0.15, -0.1) is 10.2 Å². The maximum atomic E-state index is 6.16. The molecule has 8 heteroatoms. The van der Waals surface area contributed by atoms with E-state index in [4.69, 9.17) is 39.5 Å². The minimum Gasteiger partial charge on any atom is -0.488 e. The van der Waals surface area contributed by atoms with Crippen LogP contribution in [0.4, 0.5) is 0 Å². The molecule has 0 radical (unpaired) electrons. The van der Waals surface area contributed by atoms with Crippen LogP contribution >= 0.6 is 34.8 Å². The number of hydrogen-bond acceptors (Lipinski definition) is 4. The summed E-state index contributed by atoms with van der Waals surface area (Å²) >= 11 is 18.1. The van der Waals surface area contributed by atoms with Crippen LogP contribution in [0.5, 0.6) is 5.75 Å². The van der Waals surface area contributed by atoms with E-state index in [1.807, 2.05) is 6.07 Å². The SMILES string of the molecule is Clc1ccc(COc2ccc(Cl)cc2/C=N\n2cnnc2)c(Cl)c1. The lowest BCUT2D eigenvalue weighted by molar-refractivity contribution is 0.306. The Morgan fingerprint density at radius 1 is 1.00 bits per heavy atom. The Hall–Kier alpha value is -2.08. The van der Waals surface area contributed by atoms with Gasteiger partial charge in [-0.1, -0.05) is 40.9 Å². The number of rotatable bonds is 5. The van der Waals surface area contributed by atoms with Crippen LogP contribution in [0.15, 0.2) is 54.2 Å². The van der Waals surface area contributed by atoms with Crippen molar-refractivity contribution in [2.24, 2.45) is 5.10 Å². The predicted molar refractivity (Wildman–Crippen MR) is 95.3 cm³/mol. The lowest BCUT2D eigenvalue weighted by Gasteiger charge is -2.11. The summed E-state index contributed by atoms with van der Waals surface area (Å²) in [5.74, 6) is 0.627. The van der Waals surface area contributed by atoms with Crippen LogP contribution in [-0.2, 0) is 6.61 Å². The fraction of sp³-hybridized carbons (Fsp3) is 0.0625. The van der Waals surface area contributed by atoms with Crippen molar-refractivity contribution in [1.29, 1.82) is 0 Å². The lowest BCUT2D eigenvalue weighted by Crippen LogP contribution is -1.99. The molecule has 122 valence electrons. The molecule has 3 rings (SSSR count). The highest BCUT2D eigenvalue weighted by atomic mass is 35.5. The van der Waals surface area contributed by atoms with E-state index in [1.54, 1.807) is 36.5 Å². The third-order valence-corrected chi connectivity index (χ3v) is 3.93. The zero-order valence-corrected chi connectivity index (χ0v) is 14.5. The Morgan fingerprint density at radius 2 is 1.71 bits per heavy atom. The predicted octanol–water partition coefficient (Wildman–Crippen LogP) is 4.70. The molecule has 5 nitrogen and oxygen atoms in total. The topological polar surface area (TPSA) is 52.3 Å². The lowest BCUT2D eigenvalue weighted by atomic mass is 10.2. The summed E-state index contributed by atoms with van der Waals surface area (Å²) in [6.07, 6.45) is 4.58. The van der Waals surface area contributed by atoms with Gasteiger partial charge in [-0.3, -0.25) is 0 Å². The Kier molecular flexibility index (Phi) is 5.35. The van der Waals surface area contributed by atoms with Crippen LogP contribution < -0.4 is 4.74 Å². The molecule has 0 aliphatic carbocycles. The maximum Gasteiger partial charge on any atom is 0.141 e. The highest BCUT2D eigenvalue weighted by Gasteiger charge is 2.06. The number of nitrogens with zero attached hydrogens (tertiary/aromatic N) is 4. The summed E-state index contributed by atoms with van der Waals surface area (Å²) in [6.45, 7) is 0.297. The van der Waals surface area contributed by atoms with E-state index in [0.29, 0.717) is 27.4 Å². The molecule has 0 N–H and O–H groups in total. The van der Waals surface area contributed by atoms with Crippen molar-refractivity contribution in [2.45, 2.75) is 6.61 Å². The van der Waals surface area contributed by atoms with E-state index in [1.165, 1.54) is 17.3 Å². The highest BCUT2D eigenvalue weighted by molar-refractivity contribution is 6.35. The van der Waals surface area contributed by atoms with E-state index >= 15 is 0 Å². The number of ether oxygens (including phenoxy) is 1. The van der Waals surface area contributed by atoms with Gasteiger partial charge in [-0.2, -0.15) is 5.10 Å². The number of halogens is 3. The molecule has 2 aromatic carbocycles. The third-order valence-electron chi connectivity index (χ3n) is 3.11. The molecule has 0 saturated carbocycles. The van der Waals surface area contributed by atoms with Crippen LogP contribution in [0.3, 0.4) is 0 Å². The first-order valence-electron chi connectivity index (χ1n) is 6.87. The van der Waals surface area contributed by atoms with Gasteiger partial charge in [0.15, 0.2) is 0 Å². The second-order valence-corrected chi connectivity index (χ2v) is 6.07. The van der Waals surface area contributed by atoms with Gasteiger partial charge in [0.25, 0.3) is 0 Å². The second-order valence-electron chi connectivity index (χ2n) is 4.79. The summed E-state index contributed by atoms with van der Waals surface area (Å²) in [5, 5.41) is 13.3. The summed E-state index contributed by atoms with van der Waals surface area (Å²) in [7, 11) is 0. The first-order chi connectivity index (χ1) is 11.6. The molecule has 0 unspecified atom stereocenters. The minimum absolute atomic E-state index is 0.297. The van der Waals surface area contributed by atoms with Gasteiger partial charge in [0.1, 0.15) is 25.0 Å². The molecule has 24 heavy (non-hydrogen) atoms.